The molecule has 2 rings (SSSR count). The molecule has 5 heteroatoms. The highest BCUT2D eigenvalue weighted by atomic mass is 79.9. The summed E-state index contributed by atoms with van der Waals surface area (Å²) < 4.78 is 1.88. The SMILES string of the molecule is CCC[C@H](c1c(O)cc(Br)cc1Br)N1CCNCC1. The number of rotatable bonds is 4. The van der Waals surface area contributed by atoms with Crippen molar-refractivity contribution in [2.45, 2.75) is 25.8 Å². The minimum absolute atomic E-state index is 0.287. The number of aromatic hydroxyl groups is 1. The maximum absolute atomic E-state index is 10.3. The molecule has 3 nitrogen and oxygen atoms in total. The van der Waals surface area contributed by atoms with Gasteiger partial charge in [0.2, 0.25) is 0 Å². The quantitative estimate of drug-likeness (QED) is 0.821. The van der Waals surface area contributed by atoms with E-state index in [0.717, 1.165) is 53.5 Å². The second-order valence-corrected chi connectivity index (χ2v) is 6.68. The predicted molar refractivity (Wildman–Crippen MR) is 85.6 cm³/mol. The van der Waals surface area contributed by atoms with E-state index in [-0.39, 0.29) is 6.04 Å². The molecular formula is C14H20Br2N2O. The van der Waals surface area contributed by atoms with Gasteiger partial charge >= 0.3 is 0 Å². The lowest BCUT2D eigenvalue weighted by atomic mass is 9.99. The van der Waals surface area contributed by atoms with Crippen LogP contribution in [-0.4, -0.2) is 36.2 Å². The van der Waals surface area contributed by atoms with Crippen LogP contribution in [-0.2, 0) is 0 Å². The Labute approximate surface area is 131 Å². The van der Waals surface area contributed by atoms with Crippen molar-refractivity contribution in [3.8, 4) is 5.75 Å². The van der Waals surface area contributed by atoms with E-state index in [1.165, 1.54) is 0 Å². The van der Waals surface area contributed by atoms with Gasteiger partial charge in [0.25, 0.3) is 0 Å². The first-order valence-corrected chi connectivity index (χ1v) is 8.34. The number of nitrogens with one attached hydrogen (secondary N) is 1. The molecule has 1 fully saturated rings. The molecule has 1 aliphatic rings. The molecule has 1 heterocycles. The van der Waals surface area contributed by atoms with E-state index in [0.29, 0.717) is 5.75 Å². The summed E-state index contributed by atoms with van der Waals surface area (Å²) in [6.07, 6.45) is 2.17. The lowest BCUT2D eigenvalue weighted by Crippen LogP contribution is -2.45. The molecule has 19 heavy (non-hydrogen) atoms. The van der Waals surface area contributed by atoms with Crippen LogP contribution in [0.15, 0.2) is 21.1 Å². The van der Waals surface area contributed by atoms with Gasteiger partial charge in [-0.15, -0.1) is 0 Å². The molecule has 1 aromatic rings. The van der Waals surface area contributed by atoms with E-state index in [9.17, 15) is 5.11 Å². The van der Waals surface area contributed by atoms with E-state index >= 15 is 0 Å². The molecule has 106 valence electrons. The van der Waals surface area contributed by atoms with E-state index in [1.54, 1.807) is 6.07 Å². The molecule has 0 aromatic heterocycles. The third kappa shape index (κ3) is 3.72. The van der Waals surface area contributed by atoms with E-state index < -0.39 is 0 Å². The van der Waals surface area contributed by atoms with Crippen LogP contribution >= 0.6 is 31.9 Å². The van der Waals surface area contributed by atoms with Crippen LogP contribution in [0.25, 0.3) is 0 Å². The molecule has 1 saturated heterocycles. The van der Waals surface area contributed by atoms with Gasteiger partial charge < -0.3 is 10.4 Å². The molecule has 0 unspecified atom stereocenters. The minimum Gasteiger partial charge on any atom is -0.508 e. The fraction of sp³-hybridized carbons (Fsp3) is 0.571. The molecule has 0 saturated carbocycles. The number of nitrogens with zero attached hydrogens (tertiary/aromatic N) is 1. The Balaban J connectivity index is 2.32. The van der Waals surface area contributed by atoms with Crippen LogP contribution in [0.2, 0.25) is 0 Å². The van der Waals surface area contributed by atoms with Crippen molar-refractivity contribution in [1.29, 1.82) is 0 Å². The number of phenolic OH excluding ortho intramolecular Hbond substituents is 1. The van der Waals surface area contributed by atoms with Crippen LogP contribution < -0.4 is 5.32 Å². The molecule has 0 bridgehead atoms. The molecular weight excluding hydrogens is 372 g/mol. The highest BCUT2D eigenvalue weighted by Gasteiger charge is 2.25. The van der Waals surface area contributed by atoms with Gasteiger partial charge in [-0.25, -0.2) is 0 Å². The van der Waals surface area contributed by atoms with Crippen molar-refractivity contribution in [3.63, 3.8) is 0 Å². The van der Waals surface area contributed by atoms with Crippen molar-refractivity contribution < 1.29 is 5.11 Å². The summed E-state index contributed by atoms with van der Waals surface area (Å²) in [5, 5.41) is 13.7. The Morgan fingerprint density at radius 3 is 2.58 bits per heavy atom. The molecule has 0 amide bonds. The van der Waals surface area contributed by atoms with Crippen molar-refractivity contribution in [1.82, 2.24) is 10.2 Å². The van der Waals surface area contributed by atoms with E-state index in [2.05, 4.69) is 49.0 Å². The number of benzene rings is 1. The first-order chi connectivity index (χ1) is 9.13. The number of phenols is 1. The largest absolute Gasteiger partial charge is 0.508 e. The van der Waals surface area contributed by atoms with Gasteiger partial charge in [0.1, 0.15) is 5.75 Å². The van der Waals surface area contributed by atoms with Crippen LogP contribution in [0, 0.1) is 0 Å². The van der Waals surface area contributed by atoms with Crippen molar-refractivity contribution >= 4 is 31.9 Å². The summed E-state index contributed by atoms with van der Waals surface area (Å²) in [6.45, 7) is 6.31. The standard InChI is InChI=1S/C14H20Br2N2O/c1-2-3-12(18-6-4-17-5-7-18)14-11(16)8-10(15)9-13(14)19/h8-9,12,17,19H,2-7H2,1H3/t12-/m1/s1. The van der Waals surface area contributed by atoms with Gasteiger partial charge in [-0.05, 0) is 18.6 Å². The summed E-state index contributed by atoms with van der Waals surface area (Å²) in [7, 11) is 0. The van der Waals surface area contributed by atoms with Gasteiger partial charge in [0.05, 0.1) is 0 Å². The molecule has 0 spiro atoms. The zero-order valence-electron chi connectivity index (χ0n) is 11.1. The molecule has 0 aliphatic carbocycles. The summed E-state index contributed by atoms with van der Waals surface area (Å²) in [6, 6.07) is 4.08. The van der Waals surface area contributed by atoms with Gasteiger partial charge in [-0.1, -0.05) is 45.2 Å². The summed E-state index contributed by atoms with van der Waals surface area (Å²) in [5.74, 6) is 0.373. The summed E-state index contributed by atoms with van der Waals surface area (Å²) in [5.41, 5.74) is 1.02. The molecule has 1 aromatic carbocycles. The lowest BCUT2D eigenvalue weighted by molar-refractivity contribution is 0.161. The highest BCUT2D eigenvalue weighted by molar-refractivity contribution is 9.11. The average Bonchev–Trinajstić information content (AvgIpc) is 2.37. The van der Waals surface area contributed by atoms with Crippen molar-refractivity contribution in [2.24, 2.45) is 0 Å². The fourth-order valence-corrected chi connectivity index (χ4v) is 4.14. The normalized spacial score (nSPS) is 18.5. The van der Waals surface area contributed by atoms with Crippen LogP contribution in [0.1, 0.15) is 31.4 Å². The third-order valence-electron chi connectivity index (χ3n) is 3.56. The Hall–Kier alpha value is -0.100. The number of piperazine rings is 1. The summed E-state index contributed by atoms with van der Waals surface area (Å²) >= 11 is 7.02. The van der Waals surface area contributed by atoms with Crippen molar-refractivity contribution in [3.05, 3.63) is 26.6 Å². The Morgan fingerprint density at radius 1 is 1.32 bits per heavy atom. The Kier molecular flexibility index (Phi) is 5.69. The fourth-order valence-electron chi connectivity index (χ4n) is 2.68. The smallest absolute Gasteiger partial charge is 0.122 e. The number of hydrogen-bond acceptors (Lipinski definition) is 3. The van der Waals surface area contributed by atoms with Crippen LogP contribution in [0.3, 0.4) is 0 Å². The highest BCUT2D eigenvalue weighted by Crippen LogP contribution is 2.39. The van der Waals surface area contributed by atoms with E-state index in [1.807, 2.05) is 6.07 Å². The molecule has 0 radical (unpaired) electrons. The minimum atomic E-state index is 0.287. The zero-order valence-corrected chi connectivity index (χ0v) is 14.3. The molecule has 2 N–H and O–H groups in total. The third-order valence-corrected chi connectivity index (χ3v) is 4.67. The molecule has 1 aliphatic heterocycles. The van der Waals surface area contributed by atoms with Gasteiger partial charge in [0.15, 0.2) is 0 Å². The maximum Gasteiger partial charge on any atom is 0.122 e. The van der Waals surface area contributed by atoms with Crippen LogP contribution in [0.5, 0.6) is 5.75 Å². The maximum atomic E-state index is 10.3. The van der Waals surface area contributed by atoms with E-state index in [4.69, 9.17) is 0 Å². The Morgan fingerprint density at radius 2 is 2.00 bits per heavy atom. The van der Waals surface area contributed by atoms with Gasteiger partial charge in [-0.3, -0.25) is 4.90 Å². The van der Waals surface area contributed by atoms with Crippen LogP contribution in [0.4, 0.5) is 0 Å². The monoisotopic (exact) mass is 390 g/mol. The van der Waals surface area contributed by atoms with Gasteiger partial charge in [-0.2, -0.15) is 0 Å². The average molecular weight is 392 g/mol. The Bertz CT molecular complexity index is 410. The first-order valence-electron chi connectivity index (χ1n) is 6.76. The first kappa shape index (κ1) is 15.3. The number of halogens is 2. The predicted octanol–water partition coefficient (Wildman–Crippen LogP) is 3.66. The second-order valence-electron chi connectivity index (χ2n) is 4.91. The summed E-state index contributed by atoms with van der Waals surface area (Å²) in [4.78, 5) is 2.47. The second kappa shape index (κ2) is 7.07. The lowest BCUT2D eigenvalue weighted by Gasteiger charge is -2.36. The van der Waals surface area contributed by atoms with Gasteiger partial charge in [0, 0.05) is 46.7 Å². The topological polar surface area (TPSA) is 35.5 Å². The zero-order chi connectivity index (χ0) is 13.8. The molecule has 1 atom stereocenters. The number of hydrogen-bond donors (Lipinski definition) is 2. The van der Waals surface area contributed by atoms with Crippen molar-refractivity contribution in [2.75, 3.05) is 26.2 Å².